The van der Waals surface area contributed by atoms with Crippen molar-refractivity contribution >= 4 is 5.97 Å². The molecule has 0 aromatic carbocycles. The van der Waals surface area contributed by atoms with E-state index < -0.39 is 52.0 Å². The fourth-order valence-corrected chi connectivity index (χ4v) is 10.9. The van der Waals surface area contributed by atoms with Crippen LogP contribution >= 0.6 is 0 Å². The Bertz CT molecular complexity index is 986. The maximum Gasteiger partial charge on any atom is 0.310 e. The van der Waals surface area contributed by atoms with E-state index in [0.717, 1.165) is 24.8 Å². The molecule has 0 radical (unpaired) electrons. The zero-order chi connectivity index (χ0) is 26.9. The minimum Gasteiger partial charge on any atom is -0.481 e. The van der Waals surface area contributed by atoms with Crippen LogP contribution in [0.4, 0.5) is 0 Å². The first-order valence-corrected chi connectivity index (χ1v) is 14.1. The van der Waals surface area contributed by atoms with Crippen molar-refractivity contribution in [1.82, 2.24) is 0 Å². The van der Waals surface area contributed by atoms with Crippen LogP contribution in [0.1, 0.15) is 93.4 Å². The normalized spacial score (nSPS) is 58.0. The van der Waals surface area contributed by atoms with Gasteiger partial charge in [0.1, 0.15) is 6.10 Å². The molecule has 0 unspecified atom stereocenters. The van der Waals surface area contributed by atoms with Gasteiger partial charge in [-0.25, -0.2) is 0 Å². The van der Waals surface area contributed by atoms with Gasteiger partial charge in [-0.05, 0) is 85.9 Å². The van der Waals surface area contributed by atoms with E-state index in [9.17, 15) is 30.3 Å². The Hall–Kier alpha value is -0.950. The van der Waals surface area contributed by atoms with E-state index in [4.69, 9.17) is 0 Å². The quantitative estimate of drug-likeness (QED) is 0.343. The number of hydrogen-bond acceptors (Lipinski definition) is 5. The van der Waals surface area contributed by atoms with E-state index in [-0.39, 0.29) is 28.6 Å². The molecule has 5 aliphatic carbocycles. The van der Waals surface area contributed by atoms with E-state index in [1.807, 2.05) is 27.7 Å². The third-order valence-electron chi connectivity index (χ3n) is 13.6. The largest absolute Gasteiger partial charge is 0.481 e. The minimum absolute atomic E-state index is 0.00890. The Kier molecular flexibility index (Phi) is 5.61. The van der Waals surface area contributed by atoms with Gasteiger partial charge in [0.2, 0.25) is 0 Å². The molecule has 6 nitrogen and oxygen atoms in total. The van der Waals surface area contributed by atoms with Crippen LogP contribution in [0.25, 0.3) is 0 Å². The Labute approximate surface area is 216 Å². The number of carboxylic acids is 1. The van der Waals surface area contributed by atoms with Crippen LogP contribution in [0.3, 0.4) is 0 Å². The molecule has 36 heavy (non-hydrogen) atoms. The molecule has 0 amide bonds. The smallest absolute Gasteiger partial charge is 0.310 e. The average Bonchev–Trinajstić information content (AvgIpc) is 2.79. The summed E-state index contributed by atoms with van der Waals surface area (Å²) < 4.78 is 0. The van der Waals surface area contributed by atoms with E-state index >= 15 is 0 Å². The summed E-state index contributed by atoms with van der Waals surface area (Å²) in [5.74, 6) is -1.10. The molecular weight excluding hydrogens is 456 g/mol. The Balaban J connectivity index is 1.67. The number of hydrogen-bond donors (Lipinski definition) is 5. The summed E-state index contributed by atoms with van der Waals surface area (Å²) >= 11 is 0. The Morgan fingerprint density at radius 3 is 2.14 bits per heavy atom. The van der Waals surface area contributed by atoms with Crippen molar-refractivity contribution in [2.75, 3.05) is 0 Å². The van der Waals surface area contributed by atoms with Gasteiger partial charge in [0, 0.05) is 11.3 Å². The monoisotopic (exact) mass is 504 g/mol. The molecule has 4 saturated carbocycles. The highest BCUT2D eigenvalue weighted by Crippen LogP contribution is 2.76. The lowest BCUT2D eigenvalue weighted by atomic mass is 9.32. The number of carbonyl (C=O) groups is 1. The van der Waals surface area contributed by atoms with E-state index in [1.165, 1.54) is 0 Å². The maximum absolute atomic E-state index is 12.8. The zero-order valence-electron chi connectivity index (χ0n) is 23.2. The summed E-state index contributed by atoms with van der Waals surface area (Å²) in [7, 11) is 0. The Morgan fingerprint density at radius 2 is 1.53 bits per heavy atom. The molecule has 6 heteroatoms. The molecule has 0 spiro atoms. The lowest BCUT2D eigenvalue weighted by molar-refractivity contribution is -0.279. The molecule has 0 aliphatic heterocycles. The number of aliphatic hydroxyl groups is 4. The predicted octanol–water partition coefficient (Wildman–Crippen LogP) is 4.15. The van der Waals surface area contributed by atoms with Crippen molar-refractivity contribution in [3.05, 3.63) is 11.6 Å². The van der Waals surface area contributed by atoms with Crippen molar-refractivity contribution in [3.8, 4) is 0 Å². The van der Waals surface area contributed by atoms with E-state index in [1.54, 1.807) is 0 Å². The summed E-state index contributed by atoms with van der Waals surface area (Å²) in [6.45, 7) is 14.7. The molecule has 204 valence electrons. The van der Waals surface area contributed by atoms with Crippen molar-refractivity contribution in [2.45, 2.75) is 117 Å². The molecular formula is C30H48O6. The summed E-state index contributed by atoms with van der Waals surface area (Å²) in [6.07, 6.45) is 4.02. The number of allylic oxidation sites excluding steroid dienone is 1. The van der Waals surface area contributed by atoms with Crippen LogP contribution in [0.15, 0.2) is 11.6 Å². The summed E-state index contributed by atoms with van der Waals surface area (Å²) in [4.78, 5) is 12.8. The van der Waals surface area contributed by atoms with Gasteiger partial charge < -0.3 is 25.5 Å². The second kappa shape index (κ2) is 7.58. The molecule has 0 saturated heterocycles. The number of carboxylic acid groups (broad SMARTS) is 1. The van der Waals surface area contributed by atoms with Crippen LogP contribution in [0, 0.1) is 50.7 Å². The molecule has 12 atom stereocenters. The standard InChI is InChI=1S/C30H48O6/c1-16-10-13-30(24(34)35)15-14-26(4)17(21(30)29(16,7)36)8-9-19-27(26,5)12-11-18-25(2,3)22(32)20(31)23(33)28(18,19)6/h8,16,18-23,31-33,36H,9-15H2,1-7H3,(H,34,35)/t16-,18+,19+,20+,21-,22-,23-,26-,27-,28+,29-,30+/m0/s1. The van der Waals surface area contributed by atoms with E-state index in [0.29, 0.717) is 25.7 Å². The molecule has 0 heterocycles. The van der Waals surface area contributed by atoms with Crippen molar-refractivity contribution in [3.63, 3.8) is 0 Å². The lowest BCUT2D eigenvalue weighted by Crippen LogP contribution is -2.72. The first-order valence-electron chi connectivity index (χ1n) is 14.1. The van der Waals surface area contributed by atoms with Gasteiger partial charge in [-0.2, -0.15) is 0 Å². The molecule has 0 aromatic rings. The lowest BCUT2D eigenvalue weighted by Gasteiger charge is -2.72. The number of aliphatic carboxylic acids is 1. The van der Waals surface area contributed by atoms with Crippen molar-refractivity contribution < 1.29 is 30.3 Å². The second-order valence-corrected chi connectivity index (χ2v) is 14.9. The minimum atomic E-state index is -1.20. The molecule has 0 bridgehead atoms. The highest BCUT2D eigenvalue weighted by Gasteiger charge is 2.73. The molecule has 0 aromatic heterocycles. The molecule has 5 rings (SSSR count). The molecule has 5 aliphatic rings. The average molecular weight is 505 g/mol. The number of aliphatic hydroxyl groups excluding tert-OH is 3. The fourth-order valence-electron chi connectivity index (χ4n) is 10.9. The van der Waals surface area contributed by atoms with E-state index in [2.05, 4.69) is 26.8 Å². The van der Waals surface area contributed by atoms with Crippen molar-refractivity contribution in [1.29, 1.82) is 0 Å². The van der Waals surface area contributed by atoms with Gasteiger partial charge in [-0.1, -0.05) is 53.2 Å². The van der Waals surface area contributed by atoms with Gasteiger partial charge in [0.05, 0.1) is 23.2 Å². The van der Waals surface area contributed by atoms with Crippen molar-refractivity contribution in [2.24, 2.45) is 50.7 Å². The molecule has 5 N–H and O–H groups in total. The summed E-state index contributed by atoms with van der Waals surface area (Å²) in [5.41, 5.74) is -2.63. The third-order valence-corrected chi connectivity index (χ3v) is 13.6. The van der Waals surface area contributed by atoms with Crippen LogP contribution in [0.2, 0.25) is 0 Å². The number of fused-ring (bicyclic) bond motifs is 7. The van der Waals surface area contributed by atoms with Gasteiger partial charge in [-0.15, -0.1) is 0 Å². The highest BCUT2D eigenvalue weighted by atomic mass is 16.4. The van der Waals surface area contributed by atoms with Crippen LogP contribution in [-0.4, -0.2) is 55.4 Å². The first kappa shape index (κ1) is 26.6. The van der Waals surface area contributed by atoms with Crippen LogP contribution < -0.4 is 0 Å². The Morgan fingerprint density at radius 1 is 0.889 bits per heavy atom. The maximum atomic E-state index is 12.8. The van der Waals surface area contributed by atoms with Crippen LogP contribution in [-0.2, 0) is 4.79 Å². The first-order chi connectivity index (χ1) is 16.4. The third kappa shape index (κ3) is 2.80. The van der Waals surface area contributed by atoms with Crippen LogP contribution in [0.5, 0.6) is 0 Å². The predicted molar refractivity (Wildman–Crippen MR) is 137 cm³/mol. The summed E-state index contributed by atoms with van der Waals surface area (Å²) in [5, 5.41) is 55.9. The SMILES string of the molecule is C[C@H]1CC[C@@]2(C(=O)O)CC[C@@]3(C)C(=CC[C@H]4[C@@]5(C)[C@H](CC[C@@]43C)C(C)(C)[C@@H](O)[C@@H](O)[C@@H]5O)[C@H]2[C@@]1(C)O. The van der Waals surface area contributed by atoms with Gasteiger partial charge >= 0.3 is 5.97 Å². The zero-order valence-corrected chi connectivity index (χ0v) is 23.2. The number of rotatable bonds is 1. The fraction of sp³-hybridized carbons (Fsp3) is 0.900. The summed E-state index contributed by atoms with van der Waals surface area (Å²) in [6, 6.07) is 0. The van der Waals surface area contributed by atoms with Gasteiger partial charge in [0.25, 0.3) is 0 Å². The molecule has 4 fully saturated rings. The second-order valence-electron chi connectivity index (χ2n) is 14.9. The van der Waals surface area contributed by atoms with Gasteiger partial charge in [-0.3, -0.25) is 4.79 Å². The van der Waals surface area contributed by atoms with Gasteiger partial charge in [0.15, 0.2) is 0 Å². The topological polar surface area (TPSA) is 118 Å². The highest BCUT2D eigenvalue weighted by molar-refractivity contribution is 5.77.